The molecule has 4 aliphatic rings. The first-order chi connectivity index (χ1) is 21.7. The normalized spacial score (nSPS) is 27.5. The molecule has 4 N–H and O–H groups in total. The molecule has 0 radical (unpaired) electrons. The fraction of sp³-hybridized carbons (Fsp3) is 0.581. The molecule has 1 saturated heterocycles. The molecule has 46 heavy (non-hydrogen) atoms. The van der Waals surface area contributed by atoms with Crippen LogP contribution in [0.5, 0.6) is 11.5 Å². The summed E-state index contributed by atoms with van der Waals surface area (Å²) in [7, 11) is 3.47. The van der Waals surface area contributed by atoms with Crippen LogP contribution < -0.4 is 14.8 Å². The highest BCUT2D eigenvalue weighted by Gasteiger charge is 2.72. The molecule has 1 aromatic rings. The predicted octanol–water partition coefficient (Wildman–Crippen LogP) is -0.279. The van der Waals surface area contributed by atoms with Crippen LogP contribution in [0, 0.1) is 0 Å². The van der Waals surface area contributed by atoms with E-state index in [0.717, 1.165) is 18.1 Å². The van der Waals surface area contributed by atoms with E-state index in [0.29, 0.717) is 30.9 Å². The number of hydrogen-bond donors (Lipinski definition) is 4. The van der Waals surface area contributed by atoms with E-state index >= 15 is 0 Å². The van der Waals surface area contributed by atoms with Crippen LogP contribution in [0.25, 0.3) is 0 Å². The molecule has 0 saturated carbocycles. The molecule has 3 unspecified atom stereocenters. The second kappa shape index (κ2) is 12.5. The number of ether oxygens (including phenoxy) is 5. The fourth-order valence-corrected chi connectivity index (χ4v) is 7.04. The quantitative estimate of drug-likeness (QED) is 0.170. The lowest BCUT2D eigenvalue weighted by Gasteiger charge is -2.61. The predicted molar refractivity (Wildman–Crippen MR) is 155 cm³/mol. The lowest BCUT2D eigenvalue weighted by molar-refractivity contribution is -0.179. The number of rotatable bonds is 12. The van der Waals surface area contributed by atoms with E-state index in [1.807, 2.05) is 13.1 Å². The number of carbonyl (C=O) groups is 5. The average Bonchev–Trinajstić information content (AvgIpc) is 3.35. The van der Waals surface area contributed by atoms with Crippen molar-refractivity contribution >= 4 is 29.8 Å². The standard InChI is InChI=1S/C31H38N2O13/c1-15(34)27(37)32-11-8-22(35)45-20(29(40)43-16(2)28(38)39)14-23(36)44-19-7-9-31(41)21-13-17-5-6-18(42-4)25-24(17)30(31,26(19)46-25)10-12-33(21)3/h5-7,15-16,20-21,26,34,41H,8-14H2,1-4H3,(H,32,37)(H,38,39)/t15-,16?,20-,21+,26?,30?,31+/m0/s1. The molecule has 15 nitrogen and oxygen atoms in total. The first-order valence-corrected chi connectivity index (χ1v) is 15.0. The summed E-state index contributed by atoms with van der Waals surface area (Å²) in [6.45, 7) is 2.74. The van der Waals surface area contributed by atoms with Crippen molar-refractivity contribution < 1.29 is 63.0 Å². The number of aliphatic carboxylic acids is 1. The van der Waals surface area contributed by atoms with Gasteiger partial charge in [-0.05, 0) is 58.0 Å². The van der Waals surface area contributed by atoms with Gasteiger partial charge in [-0.1, -0.05) is 6.07 Å². The molecule has 15 heteroatoms. The highest BCUT2D eigenvalue weighted by molar-refractivity contribution is 5.87. The number of likely N-dealkylation sites (tertiary alicyclic amines) is 1. The highest BCUT2D eigenvalue weighted by Crippen LogP contribution is 2.65. The van der Waals surface area contributed by atoms with Gasteiger partial charge in [0.2, 0.25) is 12.0 Å². The molecule has 1 fully saturated rings. The number of piperidine rings is 1. The van der Waals surface area contributed by atoms with Crippen LogP contribution in [0.15, 0.2) is 24.0 Å². The Morgan fingerprint density at radius 2 is 1.89 bits per heavy atom. The van der Waals surface area contributed by atoms with E-state index in [1.54, 1.807) is 12.1 Å². The number of nitrogens with zero attached hydrogens (tertiary/aromatic N) is 1. The fourth-order valence-electron chi connectivity index (χ4n) is 7.04. The zero-order valence-corrected chi connectivity index (χ0v) is 25.9. The zero-order chi connectivity index (χ0) is 33.6. The number of carboxylic acids is 1. The SMILES string of the molecule is COc1ccc2c3c1OC1C(OC(=O)C[C@H](OC(=O)CCNC(=O)[C@H](C)O)C(=O)OC(C)C(=O)O)=CC[C@@]4(O)[C@@H](C2)N(C)CCC314. The molecule has 1 spiro atoms. The molecule has 250 valence electrons. The molecule has 2 heterocycles. The van der Waals surface area contributed by atoms with Gasteiger partial charge in [-0.15, -0.1) is 0 Å². The van der Waals surface area contributed by atoms with Crippen molar-refractivity contribution in [3.05, 3.63) is 35.1 Å². The Labute approximate surface area is 264 Å². The van der Waals surface area contributed by atoms with Crippen LogP contribution in [0.3, 0.4) is 0 Å². The summed E-state index contributed by atoms with van der Waals surface area (Å²) in [6, 6.07) is 3.53. The van der Waals surface area contributed by atoms with Crippen LogP contribution in [-0.4, -0.2) is 113 Å². The van der Waals surface area contributed by atoms with Crippen molar-refractivity contribution in [2.24, 2.45) is 0 Å². The number of aliphatic hydroxyl groups excluding tert-OH is 1. The number of methoxy groups -OCH3 is 1. The molecular weight excluding hydrogens is 608 g/mol. The summed E-state index contributed by atoms with van der Waals surface area (Å²) in [5.74, 6) is -4.43. The Morgan fingerprint density at radius 1 is 1.15 bits per heavy atom. The third kappa shape index (κ3) is 5.56. The number of carboxylic acid groups (broad SMARTS) is 1. The lowest BCUT2D eigenvalue weighted by Crippen LogP contribution is -2.74. The van der Waals surface area contributed by atoms with Gasteiger partial charge in [0.25, 0.3) is 0 Å². The highest BCUT2D eigenvalue weighted by atomic mass is 16.6. The summed E-state index contributed by atoms with van der Waals surface area (Å²) in [5, 5.41) is 33.1. The topological polar surface area (TPSA) is 207 Å². The summed E-state index contributed by atoms with van der Waals surface area (Å²) < 4.78 is 27.8. The van der Waals surface area contributed by atoms with Gasteiger partial charge in [0.05, 0.1) is 31.0 Å². The molecule has 7 atom stereocenters. The number of amides is 1. The molecule has 2 bridgehead atoms. The maximum absolute atomic E-state index is 13.3. The van der Waals surface area contributed by atoms with E-state index in [1.165, 1.54) is 14.0 Å². The third-order valence-corrected chi connectivity index (χ3v) is 9.33. The summed E-state index contributed by atoms with van der Waals surface area (Å²) in [5.41, 5.74) is -0.377. The molecule has 2 aliphatic carbocycles. The van der Waals surface area contributed by atoms with Crippen LogP contribution >= 0.6 is 0 Å². The first-order valence-electron chi connectivity index (χ1n) is 15.0. The Hall–Kier alpha value is -4.21. The average molecular weight is 647 g/mol. The van der Waals surface area contributed by atoms with Gasteiger partial charge in [0.15, 0.2) is 23.7 Å². The summed E-state index contributed by atoms with van der Waals surface area (Å²) in [6.07, 6.45) is -4.13. The second-order valence-corrected chi connectivity index (χ2v) is 12.1. The van der Waals surface area contributed by atoms with E-state index in [2.05, 4.69) is 10.2 Å². The Morgan fingerprint density at radius 3 is 2.57 bits per heavy atom. The van der Waals surface area contributed by atoms with Gasteiger partial charge in [-0.25, -0.2) is 9.59 Å². The minimum atomic E-state index is -1.87. The second-order valence-electron chi connectivity index (χ2n) is 12.1. The van der Waals surface area contributed by atoms with Crippen LogP contribution in [-0.2, 0) is 50.0 Å². The van der Waals surface area contributed by atoms with Gasteiger partial charge in [0.1, 0.15) is 11.9 Å². The van der Waals surface area contributed by atoms with E-state index < -0.39 is 78.1 Å². The van der Waals surface area contributed by atoms with Crippen molar-refractivity contribution in [1.82, 2.24) is 10.2 Å². The van der Waals surface area contributed by atoms with Crippen molar-refractivity contribution in [3.63, 3.8) is 0 Å². The van der Waals surface area contributed by atoms with E-state index in [4.69, 9.17) is 28.8 Å². The van der Waals surface area contributed by atoms with Crippen LogP contribution in [0.2, 0.25) is 0 Å². The third-order valence-electron chi connectivity index (χ3n) is 9.33. The maximum Gasteiger partial charge on any atom is 0.348 e. The van der Waals surface area contributed by atoms with Crippen LogP contribution in [0.1, 0.15) is 50.7 Å². The van der Waals surface area contributed by atoms with Gasteiger partial charge >= 0.3 is 23.9 Å². The molecule has 2 aliphatic heterocycles. The Kier molecular flexibility index (Phi) is 9.03. The van der Waals surface area contributed by atoms with E-state index in [9.17, 15) is 34.2 Å². The molecule has 1 aromatic carbocycles. The van der Waals surface area contributed by atoms with Gasteiger partial charge in [-0.2, -0.15) is 0 Å². The van der Waals surface area contributed by atoms with Gasteiger partial charge in [-0.3, -0.25) is 14.4 Å². The summed E-state index contributed by atoms with van der Waals surface area (Å²) >= 11 is 0. The Balaban J connectivity index is 1.36. The minimum Gasteiger partial charge on any atom is -0.493 e. The number of carbonyl (C=O) groups excluding carboxylic acids is 4. The van der Waals surface area contributed by atoms with E-state index in [-0.39, 0.29) is 24.8 Å². The number of aliphatic hydroxyl groups is 2. The molecule has 5 rings (SSSR count). The monoisotopic (exact) mass is 646 g/mol. The Bertz CT molecular complexity index is 1470. The lowest BCUT2D eigenvalue weighted by atomic mass is 9.50. The number of likely N-dealkylation sites (N-methyl/N-ethyl adjacent to an activating group) is 1. The van der Waals surface area contributed by atoms with Crippen molar-refractivity contribution in [1.29, 1.82) is 0 Å². The van der Waals surface area contributed by atoms with Gasteiger partial charge in [0, 0.05) is 24.6 Å². The molecular formula is C31H38N2O13. The number of benzene rings is 1. The number of esters is 3. The van der Waals surface area contributed by atoms with Crippen molar-refractivity contribution in [2.75, 3.05) is 27.2 Å². The molecule has 0 aromatic heterocycles. The van der Waals surface area contributed by atoms with Crippen molar-refractivity contribution in [2.45, 2.75) is 87.4 Å². The first kappa shape index (κ1) is 33.2. The zero-order valence-electron chi connectivity index (χ0n) is 25.9. The largest absolute Gasteiger partial charge is 0.493 e. The van der Waals surface area contributed by atoms with Gasteiger partial charge < -0.3 is 49.2 Å². The molecule has 1 amide bonds. The van der Waals surface area contributed by atoms with Crippen LogP contribution in [0.4, 0.5) is 0 Å². The number of hydrogen-bond acceptors (Lipinski definition) is 13. The van der Waals surface area contributed by atoms with Crippen molar-refractivity contribution in [3.8, 4) is 11.5 Å². The smallest absolute Gasteiger partial charge is 0.348 e. The number of nitrogens with one attached hydrogen (secondary N) is 1. The summed E-state index contributed by atoms with van der Waals surface area (Å²) in [4.78, 5) is 63.6. The maximum atomic E-state index is 13.3. The minimum absolute atomic E-state index is 0.113.